The predicted octanol–water partition coefficient (Wildman–Crippen LogP) is 2.06. The molecule has 26 heavy (non-hydrogen) atoms. The SMILES string of the molecule is CNC(=O)c1cccc(N2CCC3(CCCN(CC4CCC4)C3=O)C2)n1. The number of carbonyl (C=O) groups excluding carboxylic acids is 2. The molecule has 140 valence electrons. The standard InChI is InChI=1S/C20H28N4O2/c1-21-18(25)16-7-3-8-17(22-16)24-12-10-20(14-24)9-4-11-23(19(20)26)13-15-5-2-6-15/h3,7-8,15H,2,4-6,9-14H2,1H3,(H,21,25). The van der Waals surface area contributed by atoms with E-state index in [0.29, 0.717) is 11.6 Å². The summed E-state index contributed by atoms with van der Waals surface area (Å²) in [6.07, 6.45) is 6.83. The molecule has 3 fully saturated rings. The molecule has 0 aromatic carbocycles. The lowest BCUT2D eigenvalue weighted by molar-refractivity contribution is -0.146. The maximum absolute atomic E-state index is 13.2. The number of aromatic nitrogens is 1. The molecular weight excluding hydrogens is 328 g/mol. The van der Waals surface area contributed by atoms with E-state index in [1.165, 1.54) is 19.3 Å². The van der Waals surface area contributed by atoms with Crippen LogP contribution in [0.2, 0.25) is 0 Å². The van der Waals surface area contributed by atoms with Gasteiger partial charge in [0, 0.05) is 33.2 Å². The Balaban J connectivity index is 1.48. The summed E-state index contributed by atoms with van der Waals surface area (Å²) in [6, 6.07) is 5.52. The van der Waals surface area contributed by atoms with Crippen LogP contribution in [0.3, 0.4) is 0 Å². The Morgan fingerprint density at radius 3 is 2.85 bits per heavy atom. The Bertz CT molecular complexity index is 703. The Hall–Kier alpha value is -2.11. The number of amides is 2. The summed E-state index contributed by atoms with van der Waals surface area (Å²) in [7, 11) is 1.61. The van der Waals surface area contributed by atoms with Gasteiger partial charge < -0.3 is 15.1 Å². The molecule has 2 amide bonds. The van der Waals surface area contributed by atoms with Crippen molar-refractivity contribution in [3.05, 3.63) is 23.9 Å². The van der Waals surface area contributed by atoms with E-state index in [-0.39, 0.29) is 11.3 Å². The summed E-state index contributed by atoms with van der Waals surface area (Å²) in [5, 5.41) is 2.62. The fourth-order valence-electron chi connectivity index (χ4n) is 4.61. The summed E-state index contributed by atoms with van der Waals surface area (Å²) in [6.45, 7) is 3.41. The van der Waals surface area contributed by atoms with E-state index < -0.39 is 0 Å². The number of nitrogens with zero attached hydrogens (tertiary/aromatic N) is 3. The zero-order valence-electron chi connectivity index (χ0n) is 15.5. The minimum Gasteiger partial charge on any atom is -0.355 e. The van der Waals surface area contributed by atoms with Gasteiger partial charge in [0.1, 0.15) is 11.5 Å². The van der Waals surface area contributed by atoms with Gasteiger partial charge in [-0.25, -0.2) is 4.98 Å². The molecule has 1 saturated carbocycles. The Kier molecular flexibility index (Phi) is 4.59. The highest BCUT2D eigenvalue weighted by Gasteiger charge is 2.49. The zero-order chi connectivity index (χ0) is 18.1. The van der Waals surface area contributed by atoms with Crippen LogP contribution in [-0.2, 0) is 4.79 Å². The number of pyridine rings is 1. The summed E-state index contributed by atoms with van der Waals surface area (Å²) in [5.74, 6) is 1.69. The molecule has 6 nitrogen and oxygen atoms in total. The predicted molar refractivity (Wildman–Crippen MR) is 100 cm³/mol. The van der Waals surface area contributed by atoms with Crippen molar-refractivity contribution in [2.45, 2.75) is 38.5 Å². The van der Waals surface area contributed by atoms with Gasteiger partial charge in [-0.2, -0.15) is 0 Å². The molecule has 4 rings (SSSR count). The van der Waals surface area contributed by atoms with Gasteiger partial charge in [-0.1, -0.05) is 12.5 Å². The van der Waals surface area contributed by atoms with Gasteiger partial charge in [0.15, 0.2) is 0 Å². The molecule has 1 aromatic rings. The highest BCUT2D eigenvalue weighted by atomic mass is 16.2. The second-order valence-corrected chi connectivity index (χ2v) is 8.06. The lowest BCUT2D eigenvalue weighted by Gasteiger charge is -2.42. The summed E-state index contributed by atoms with van der Waals surface area (Å²) >= 11 is 0. The Morgan fingerprint density at radius 1 is 1.27 bits per heavy atom. The fourth-order valence-corrected chi connectivity index (χ4v) is 4.61. The average molecular weight is 356 g/mol. The zero-order valence-corrected chi connectivity index (χ0v) is 15.5. The number of anilines is 1. The van der Waals surface area contributed by atoms with Gasteiger partial charge in [-0.3, -0.25) is 9.59 Å². The first kappa shape index (κ1) is 17.3. The Morgan fingerprint density at radius 2 is 2.12 bits per heavy atom. The molecule has 3 heterocycles. The summed E-state index contributed by atoms with van der Waals surface area (Å²) < 4.78 is 0. The highest BCUT2D eigenvalue weighted by molar-refractivity contribution is 5.92. The van der Waals surface area contributed by atoms with Crippen molar-refractivity contribution in [1.82, 2.24) is 15.2 Å². The molecule has 0 radical (unpaired) electrons. The van der Waals surface area contributed by atoms with Crippen LogP contribution >= 0.6 is 0 Å². The van der Waals surface area contributed by atoms with Gasteiger partial charge >= 0.3 is 0 Å². The average Bonchev–Trinajstić information content (AvgIpc) is 3.06. The van der Waals surface area contributed by atoms with Crippen molar-refractivity contribution < 1.29 is 9.59 Å². The number of carbonyl (C=O) groups is 2. The van der Waals surface area contributed by atoms with E-state index in [9.17, 15) is 9.59 Å². The maximum atomic E-state index is 13.2. The molecule has 1 atom stereocenters. The van der Waals surface area contributed by atoms with Crippen molar-refractivity contribution in [2.75, 3.05) is 38.1 Å². The third-order valence-electron chi connectivity index (χ3n) is 6.40. The van der Waals surface area contributed by atoms with Crippen LogP contribution in [0, 0.1) is 11.3 Å². The van der Waals surface area contributed by atoms with E-state index in [4.69, 9.17) is 0 Å². The van der Waals surface area contributed by atoms with Gasteiger partial charge in [-0.05, 0) is 50.2 Å². The minimum atomic E-state index is -0.257. The van der Waals surface area contributed by atoms with E-state index in [2.05, 4.69) is 20.1 Å². The highest BCUT2D eigenvalue weighted by Crippen LogP contribution is 2.42. The minimum absolute atomic E-state index is 0.179. The molecule has 1 N–H and O–H groups in total. The quantitative estimate of drug-likeness (QED) is 0.897. The molecule has 0 bridgehead atoms. The van der Waals surface area contributed by atoms with Gasteiger partial charge in [-0.15, -0.1) is 0 Å². The molecule has 6 heteroatoms. The Labute approximate surface area is 155 Å². The fraction of sp³-hybridized carbons (Fsp3) is 0.650. The van der Waals surface area contributed by atoms with Crippen LogP contribution in [0.25, 0.3) is 0 Å². The normalized spacial score (nSPS) is 26.3. The first-order valence-electron chi connectivity index (χ1n) is 9.85. The first-order chi connectivity index (χ1) is 12.6. The van der Waals surface area contributed by atoms with Gasteiger partial charge in [0.05, 0.1) is 5.41 Å². The molecule has 1 aromatic heterocycles. The van der Waals surface area contributed by atoms with Crippen LogP contribution in [0.1, 0.15) is 49.0 Å². The van der Waals surface area contributed by atoms with E-state index in [1.807, 2.05) is 12.1 Å². The molecule has 1 spiro atoms. The van der Waals surface area contributed by atoms with Crippen LogP contribution in [0.4, 0.5) is 5.82 Å². The molecule has 1 aliphatic carbocycles. The van der Waals surface area contributed by atoms with Crippen LogP contribution < -0.4 is 10.2 Å². The summed E-state index contributed by atoms with van der Waals surface area (Å²) in [5.41, 5.74) is 0.166. The number of likely N-dealkylation sites (tertiary alicyclic amines) is 1. The summed E-state index contributed by atoms with van der Waals surface area (Å²) in [4.78, 5) is 33.9. The molecule has 3 aliphatic rings. The van der Waals surface area contributed by atoms with Gasteiger partial charge in [0.2, 0.25) is 5.91 Å². The number of piperidine rings is 1. The third-order valence-corrected chi connectivity index (χ3v) is 6.40. The van der Waals surface area contributed by atoms with Crippen LogP contribution in [0.15, 0.2) is 18.2 Å². The monoisotopic (exact) mass is 356 g/mol. The smallest absolute Gasteiger partial charge is 0.269 e. The van der Waals surface area contributed by atoms with E-state index in [0.717, 1.165) is 57.2 Å². The first-order valence-corrected chi connectivity index (χ1v) is 9.85. The topological polar surface area (TPSA) is 65.5 Å². The van der Waals surface area contributed by atoms with Crippen molar-refractivity contribution >= 4 is 17.6 Å². The number of hydrogen-bond acceptors (Lipinski definition) is 4. The second-order valence-electron chi connectivity index (χ2n) is 8.06. The lowest BCUT2D eigenvalue weighted by atomic mass is 9.77. The van der Waals surface area contributed by atoms with Crippen molar-refractivity contribution in [3.63, 3.8) is 0 Å². The molecular formula is C20H28N4O2. The van der Waals surface area contributed by atoms with Crippen LogP contribution in [0.5, 0.6) is 0 Å². The number of nitrogens with one attached hydrogen (secondary N) is 1. The van der Waals surface area contributed by atoms with Crippen molar-refractivity contribution in [1.29, 1.82) is 0 Å². The molecule has 2 saturated heterocycles. The second kappa shape index (κ2) is 6.89. The van der Waals surface area contributed by atoms with Crippen molar-refractivity contribution in [3.8, 4) is 0 Å². The van der Waals surface area contributed by atoms with Gasteiger partial charge in [0.25, 0.3) is 5.91 Å². The van der Waals surface area contributed by atoms with E-state index in [1.54, 1.807) is 13.1 Å². The van der Waals surface area contributed by atoms with Crippen molar-refractivity contribution in [2.24, 2.45) is 11.3 Å². The molecule has 2 aliphatic heterocycles. The maximum Gasteiger partial charge on any atom is 0.269 e. The van der Waals surface area contributed by atoms with E-state index >= 15 is 0 Å². The largest absolute Gasteiger partial charge is 0.355 e. The number of rotatable bonds is 4. The van der Waals surface area contributed by atoms with Crippen LogP contribution in [-0.4, -0.2) is 54.9 Å². The number of hydrogen-bond donors (Lipinski definition) is 1. The third kappa shape index (κ3) is 3.06. The molecule has 1 unspecified atom stereocenters. The lowest BCUT2D eigenvalue weighted by Crippen LogP contribution is -2.51.